The highest BCUT2D eigenvalue weighted by atomic mass is 14.9. The summed E-state index contributed by atoms with van der Waals surface area (Å²) in [6.07, 6.45) is 3.91. The van der Waals surface area contributed by atoms with Gasteiger partial charge in [0.25, 0.3) is 0 Å². The van der Waals surface area contributed by atoms with E-state index in [1.54, 1.807) is 0 Å². The second kappa shape index (κ2) is 7.51. The van der Waals surface area contributed by atoms with Crippen molar-refractivity contribution < 1.29 is 0 Å². The summed E-state index contributed by atoms with van der Waals surface area (Å²) in [5, 5.41) is 0. The van der Waals surface area contributed by atoms with E-state index in [1.165, 1.54) is 0 Å². The van der Waals surface area contributed by atoms with Crippen LogP contribution in [0.2, 0.25) is 0 Å². The highest BCUT2D eigenvalue weighted by molar-refractivity contribution is 5.39. The number of aryl methyl sites for hydroxylation is 1. The summed E-state index contributed by atoms with van der Waals surface area (Å²) in [5.41, 5.74) is 2.84. The van der Waals surface area contributed by atoms with Crippen molar-refractivity contribution in [1.82, 2.24) is 9.97 Å². The van der Waals surface area contributed by atoms with Gasteiger partial charge in [-0.1, -0.05) is 25.7 Å². The Morgan fingerprint density at radius 3 is 2.11 bits per heavy atom. The summed E-state index contributed by atoms with van der Waals surface area (Å²) in [6.45, 7) is 8.22. The number of nitrogens with zero attached hydrogens (tertiary/aromatic N) is 2. The Morgan fingerprint density at radius 1 is 0.889 bits per heavy atom. The Morgan fingerprint density at radius 2 is 1.50 bits per heavy atom. The zero-order chi connectivity index (χ0) is 13.4. The van der Waals surface area contributed by atoms with Gasteiger partial charge in [-0.25, -0.2) is 9.97 Å². The lowest BCUT2D eigenvalue weighted by atomic mass is 10.2. The molecular weight excluding hydrogens is 220 g/mol. The van der Waals surface area contributed by atoms with Gasteiger partial charge >= 0.3 is 0 Å². The quantitative estimate of drug-likeness (QED) is 0.740. The highest BCUT2D eigenvalue weighted by Gasteiger charge is 2.04. The van der Waals surface area contributed by atoms with Gasteiger partial charge in [-0.3, -0.25) is 0 Å². The first kappa shape index (κ1) is 14.3. The standard InChI is InChI=1S/C16H20N2/c1-5-7-9-11-15-13(3)14(4)17-16(18-15)12-10-8-6-2/h5-8H2,1-4H3. The Kier molecular flexibility index (Phi) is 5.95. The molecule has 0 N–H and O–H groups in total. The maximum Gasteiger partial charge on any atom is 0.206 e. The van der Waals surface area contributed by atoms with E-state index in [4.69, 9.17) is 0 Å². The van der Waals surface area contributed by atoms with Crippen LogP contribution in [0, 0.1) is 37.5 Å². The first-order valence-corrected chi connectivity index (χ1v) is 6.52. The molecule has 94 valence electrons. The number of hydrogen-bond acceptors (Lipinski definition) is 2. The van der Waals surface area contributed by atoms with Crippen molar-refractivity contribution in [2.75, 3.05) is 0 Å². The fraction of sp³-hybridized carbons (Fsp3) is 0.500. The normalized spacial score (nSPS) is 9.11. The van der Waals surface area contributed by atoms with Gasteiger partial charge in [-0.2, -0.15) is 0 Å². The van der Waals surface area contributed by atoms with E-state index in [0.717, 1.165) is 42.6 Å². The summed E-state index contributed by atoms with van der Waals surface area (Å²) in [5.74, 6) is 12.9. The van der Waals surface area contributed by atoms with E-state index < -0.39 is 0 Å². The molecule has 18 heavy (non-hydrogen) atoms. The summed E-state index contributed by atoms with van der Waals surface area (Å²) in [6, 6.07) is 0. The van der Waals surface area contributed by atoms with E-state index in [1.807, 2.05) is 13.8 Å². The van der Waals surface area contributed by atoms with Crippen LogP contribution in [0.1, 0.15) is 62.3 Å². The maximum atomic E-state index is 4.42. The van der Waals surface area contributed by atoms with Crippen LogP contribution in [0.25, 0.3) is 0 Å². The molecule has 0 aliphatic heterocycles. The molecule has 0 aromatic carbocycles. The van der Waals surface area contributed by atoms with Crippen LogP contribution < -0.4 is 0 Å². The summed E-state index contributed by atoms with van der Waals surface area (Å²) >= 11 is 0. The molecule has 0 saturated heterocycles. The maximum absolute atomic E-state index is 4.42. The number of aromatic nitrogens is 2. The van der Waals surface area contributed by atoms with Crippen molar-refractivity contribution in [3.8, 4) is 23.7 Å². The smallest absolute Gasteiger partial charge is 0.206 e. The number of unbranched alkanes of at least 4 members (excludes halogenated alkanes) is 2. The van der Waals surface area contributed by atoms with E-state index >= 15 is 0 Å². The molecule has 0 atom stereocenters. The van der Waals surface area contributed by atoms with Gasteiger partial charge in [0.15, 0.2) is 0 Å². The van der Waals surface area contributed by atoms with Gasteiger partial charge < -0.3 is 0 Å². The van der Waals surface area contributed by atoms with Crippen LogP contribution in [0.15, 0.2) is 0 Å². The highest BCUT2D eigenvalue weighted by Crippen LogP contribution is 2.08. The predicted octanol–water partition coefficient (Wildman–Crippen LogP) is 3.40. The monoisotopic (exact) mass is 240 g/mol. The van der Waals surface area contributed by atoms with Gasteiger partial charge in [-0.15, -0.1) is 0 Å². The molecule has 2 heteroatoms. The minimum Gasteiger partial charge on any atom is -0.226 e. The van der Waals surface area contributed by atoms with Crippen LogP contribution >= 0.6 is 0 Å². The molecule has 1 rings (SSSR count). The summed E-state index contributed by atoms with van der Waals surface area (Å²) < 4.78 is 0. The van der Waals surface area contributed by atoms with Crippen molar-refractivity contribution in [3.63, 3.8) is 0 Å². The molecule has 0 aliphatic carbocycles. The van der Waals surface area contributed by atoms with E-state index in [-0.39, 0.29) is 0 Å². The Labute approximate surface area is 110 Å². The number of rotatable bonds is 2. The summed E-state index contributed by atoms with van der Waals surface area (Å²) in [7, 11) is 0. The molecule has 1 heterocycles. The van der Waals surface area contributed by atoms with Gasteiger partial charge in [-0.05, 0) is 38.5 Å². The van der Waals surface area contributed by atoms with Crippen molar-refractivity contribution in [2.45, 2.75) is 53.4 Å². The first-order chi connectivity index (χ1) is 8.69. The average Bonchev–Trinajstić information content (AvgIpc) is 2.35. The third-order valence-electron chi connectivity index (χ3n) is 2.55. The van der Waals surface area contributed by atoms with E-state index in [2.05, 4.69) is 47.5 Å². The van der Waals surface area contributed by atoms with Crippen LogP contribution in [0.5, 0.6) is 0 Å². The molecule has 2 nitrogen and oxygen atoms in total. The van der Waals surface area contributed by atoms with Gasteiger partial charge in [0, 0.05) is 24.1 Å². The second-order valence-electron chi connectivity index (χ2n) is 4.21. The molecule has 0 radical (unpaired) electrons. The Hall–Kier alpha value is -1.80. The van der Waals surface area contributed by atoms with Crippen molar-refractivity contribution in [1.29, 1.82) is 0 Å². The lowest BCUT2D eigenvalue weighted by Gasteiger charge is -2.02. The largest absolute Gasteiger partial charge is 0.226 e. The third kappa shape index (κ3) is 4.22. The van der Waals surface area contributed by atoms with Gasteiger partial charge in [0.1, 0.15) is 5.69 Å². The molecule has 0 spiro atoms. The van der Waals surface area contributed by atoms with Crippen LogP contribution in [-0.4, -0.2) is 9.97 Å². The van der Waals surface area contributed by atoms with Crippen molar-refractivity contribution in [2.24, 2.45) is 0 Å². The second-order valence-corrected chi connectivity index (χ2v) is 4.21. The average molecular weight is 240 g/mol. The Bertz CT molecular complexity index is 522. The minimum atomic E-state index is 0.590. The topological polar surface area (TPSA) is 25.8 Å². The van der Waals surface area contributed by atoms with Crippen molar-refractivity contribution >= 4 is 0 Å². The van der Waals surface area contributed by atoms with E-state index in [9.17, 15) is 0 Å². The molecule has 1 aromatic rings. The minimum absolute atomic E-state index is 0.590. The molecule has 0 amide bonds. The molecule has 1 aromatic heterocycles. The lowest BCUT2D eigenvalue weighted by Crippen LogP contribution is -2.00. The number of hydrogen-bond donors (Lipinski definition) is 0. The van der Waals surface area contributed by atoms with Gasteiger partial charge in [0.05, 0.1) is 0 Å². The third-order valence-corrected chi connectivity index (χ3v) is 2.55. The fourth-order valence-electron chi connectivity index (χ4n) is 1.34. The zero-order valence-corrected chi connectivity index (χ0v) is 11.7. The SMILES string of the molecule is CCCC#Cc1nc(C)c(C)c(C#CCCC)n1. The molecule has 0 saturated carbocycles. The first-order valence-electron chi connectivity index (χ1n) is 6.52. The Balaban J connectivity index is 3.05. The van der Waals surface area contributed by atoms with Crippen LogP contribution in [0.4, 0.5) is 0 Å². The summed E-state index contributed by atoms with van der Waals surface area (Å²) in [4.78, 5) is 8.80. The molecule has 0 unspecified atom stereocenters. The zero-order valence-electron chi connectivity index (χ0n) is 11.7. The van der Waals surface area contributed by atoms with Crippen LogP contribution in [0.3, 0.4) is 0 Å². The molecule has 0 fully saturated rings. The lowest BCUT2D eigenvalue weighted by molar-refractivity contribution is 0.976. The van der Waals surface area contributed by atoms with E-state index in [0.29, 0.717) is 5.82 Å². The molecule has 0 aliphatic rings. The molecular formula is C16H20N2. The predicted molar refractivity (Wildman–Crippen MR) is 75.1 cm³/mol. The van der Waals surface area contributed by atoms with Crippen molar-refractivity contribution in [3.05, 3.63) is 22.8 Å². The van der Waals surface area contributed by atoms with Gasteiger partial charge in [0.2, 0.25) is 5.82 Å². The molecule has 0 bridgehead atoms. The van der Waals surface area contributed by atoms with Crippen LogP contribution in [-0.2, 0) is 0 Å². The fourth-order valence-corrected chi connectivity index (χ4v) is 1.34.